The molecular formula is C14H21FO. The van der Waals surface area contributed by atoms with Crippen molar-refractivity contribution in [1.29, 1.82) is 0 Å². The summed E-state index contributed by atoms with van der Waals surface area (Å²) in [5.74, 6) is 0.537. The van der Waals surface area contributed by atoms with Crippen molar-refractivity contribution < 1.29 is 9.13 Å². The van der Waals surface area contributed by atoms with Crippen molar-refractivity contribution >= 4 is 0 Å². The number of benzene rings is 1. The molecule has 0 atom stereocenters. The lowest BCUT2D eigenvalue weighted by atomic mass is 10.1. The van der Waals surface area contributed by atoms with Crippen molar-refractivity contribution in [2.24, 2.45) is 0 Å². The molecule has 0 unspecified atom stereocenters. The Labute approximate surface area is 97.6 Å². The smallest absolute Gasteiger partial charge is 0.126 e. The summed E-state index contributed by atoms with van der Waals surface area (Å²) >= 11 is 0. The van der Waals surface area contributed by atoms with Gasteiger partial charge in [-0.2, -0.15) is 0 Å². The van der Waals surface area contributed by atoms with Crippen LogP contribution in [0.25, 0.3) is 0 Å². The average molecular weight is 224 g/mol. The van der Waals surface area contributed by atoms with Crippen LogP contribution in [0.4, 0.5) is 4.39 Å². The second-order valence-electron chi connectivity index (χ2n) is 3.82. The Morgan fingerprint density at radius 3 is 2.56 bits per heavy atom. The first-order valence-corrected chi connectivity index (χ1v) is 6.24. The van der Waals surface area contributed by atoms with E-state index in [2.05, 4.69) is 6.92 Å². The maximum atomic E-state index is 13.0. The van der Waals surface area contributed by atoms with Gasteiger partial charge in [0.05, 0.1) is 6.10 Å². The predicted octanol–water partition coefficient (Wildman–Crippen LogP) is 4.35. The van der Waals surface area contributed by atoms with Crippen LogP contribution in [0.3, 0.4) is 0 Å². The summed E-state index contributed by atoms with van der Waals surface area (Å²) in [6.45, 7) is 6.12. The topological polar surface area (TPSA) is 9.23 Å². The Balaban J connectivity index is 0.000000606. The zero-order chi connectivity index (χ0) is 12.0. The van der Waals surface area contributed by atoms with Gasteiger partial charge >= 0.3 is 0 Å². The Kier molecular flexibility index (Phi) is 5.30. The third-order valence-electron chi connectivity index (χ3n) is 2.37. The summed E-state index contributed by atoms with van der Waals surface area (Å²) in [7, 11) is 0. The second kappa shape index (κ2) is 6.51. The molecule has 0 heterocycles. The standard InChI is InChI=1S/C12H15FO.C2H6/c1-2-3-9-4-5-10(13)8-12(9)14-11-6-7-11;1-2/h4-5,8,11H,2-3,6-7H2,1H3;1-2H3. The molecule has 1 aromatic carbocycles. The Morgan fingerprint density at radius 2 is 2.00 bits per heavy atom. The van der Waals surface area contributed by atoms with E-state index in [4.69, 9.17) is 4.74 Å². The highest BCUT2D eigenvalue weighted by Crippen LogP contribution is 2.30. The lowest BCUT2D eigenvalue weighted by Gasteiger charge is -2.09. The molecule has 1 aromatic rings. The molecule has 1 nitrogen and oxygen atoms in total. The third kappa shape index (κ3) is 3.84. The van der Waals surface area contributed by atoms with Gasteiger partial charge in [0.15, 0.2) is 0 Å². The van der Waals surface area contributed by atoms with Crippen LogP contribution in [0.15, 0.2) is 18.2 Å². The van der Waals surface area contributed by atoms with Crippen molar-refractivity contribution in [1.82, 2.24) is 0 Å². The largest absolute Gasteiger partial charge is 0.490 e. The highest BCUT2D eigenvalue weighted by atomic mass is 19.1. The van der Waals surface area contributed by atoms with E-state index in [0.717, 1.165) is 37.0 Å². The van der Waals surface area contributed by atoms with E-state index in [1.807, 2.05) is 19.9 Å². The molecule has 2 rings (SSSR count). The molecule has 0 aliphatic heterocycles. The maximum Gasteiger partial charge on any atom is 0.126 e. The molecule has 0 radical (unpaired) electrons. The SMILES string of the molecule is CC.CCCc1ccc(F)cc1OC1CC1. The van der Waals surface area contributed by atoms with Gasteiger partial charge in [-0.25, -0.2) is 4.39 Å². The summed E-state index contributed by atoms with van der Waals surface area (Å²) in [5, 5.41) is 0. The van der Waals surface area contributed by atoms with E-state index < -0.39 is 0 Å². The van der Waals surface area contributed by atoms with Crippen LogP contribution < -0.4 is 4.74 Å². The summed E-state index contributed by atoms with van der Waals surface area (Å²) in [5.41, 5.74) is 1.13. The van der Waals surface area contributed by atoms with Gasteiger partial charge in [-0.1, -0.05) is 33.3 Å². The van der Waals surface area contributed by atoms with Crippen LogP contribution in [0, 0.1) is 5.82 Å². The van der Waals surface area contributed by atoms with Crippen LogP contribution >= 0.6 is 0 Å². The third-order valence-corrected chi connectivity index (χ3v) is 2.37. The first-order valence-electron chi connectivity index (χ1n) is 6.24. The normalized spacial score (nSPS) is 14.0. The van der Waals surface area contributed by atoms with Gasteiger partial charge < -0.3 is 4.74 Å². The molecule has 0 amide bonds. The summed E-state index contributed by atoms with van der Waals surface area (Å²) < 4.78 is 18.6. The fourth-order valence-corrected chi connectivity index (χ4v) is 1.48. The monoisotopic (exact) mass is 224 g/mol. The van der Waals surface area contributed by atoms with E-state index >= 15 is 0 Å². The van der Waals surface area contributed by atoms with E-state index in [1.165, 1.54) is 12.1 Å². The predicted molar refractivity (Wildman–Crippen MR) is 65.4 cm³/mol. The van der Waals surface area contributed by atoms with Crippen molar-refractivity contribution in [3.8, 4) is 5.75 Å². The minimum Gasteiger partial charge on any atom is -0.490 e. The van der Waals surface area contributed by atoms with Crippen LogP contribution in [0.2, 0.25) is 0 Å². The van der Waals surface area contributed by atoms with E-state index in [-0.39, 0.29) is 5.82 Å². The Bertz CT molecular complexity index is 319. The molecule has 2 heteroatoms. The summed E-state index contributed by atoms with van der Waals surface area (Å²) in [6.07, 6.45) is 4.59. The average Bonchev–Trinajstić information content (AvgIpc) is 3.09. The molecule has 0 spiro atoms. The number of ether oxygens (including phenoxy) is 1. The lowest BCUT2D eigenvalue weighted by Crippen LogP contribution is -2.00. The van der Waals surface area contributed by atoms with Crippen LogP contribution in [0.5, 0.6) is 5.75 Å². The molecule has 90 valence electrons. The van der Waals surface area contributed by atoms with Gasteiger partial charge in [0.25, 0.3) is 0 Å². The van der Waals surface area contributed by atoms with E-state index in [0.29, 0.717) is 6.10 Å². The first-order chi connectivity index (χ1) is 7.79. The second-order valence-corrected chi connectivity index (χ2v) is 3.82. The highest BCUT2D eigenvalue weighted by molar-refractivity contribution is 5.34. The van der Waals surface area contributed by atoms with E-state index in [9.17, 15) is 4.39 Å². The van der Waals surface area contributed by atoms with Crippen LogP contribution in [-0.2, 0) is 6.42 Å². The van der Waals surface area contributed by atoms with Gasteiger partial charge in [-0.05, 0) is 30.9 Å². The number of rotatable bonds is 4. The lowest BCUT2D eigenvalue weighted by molar-refractivity contribution is 0.298. The molecular weight excluding hydrogens is 203 g/mol. The van der Waals surface area contributed by atoms with Crippen molar-refractivity contribution in [2.45, 2.75) is 52.6 Å². The molecule has 1 aliphatic carbocycles. The van der Waals surface area contributed by atoms with Crippen molar-refractivity contribution in [3.05, 3.63) is 29.6 Å². The molecule has 0 saturated heterocycles. The zero-order valence-electron chi connectivity index (χ0n) is 10.4. The Hall–Kier alpha value is -1.05. The van der Waals surface area contributed by atoms with Crippen molar-refractivity contribution in [2.75, 3.05) is 0 Å². The van der Waals surface area contributed by atoms with E-state index in [1.54, 1.807) is 0 Å². The highest BCUT2D eigenvalue weighted by Gasteiger charge is 2.24. The van der Waals surface area contributed by atoms with Gasteiger partial charge in [0, 0.05) is 6.07 Å². The zero-order valence-corrected chi connectivity index (χ0v) is 10.4. The maximum absolute atomic E-state index is 13.0. The van der Waals surface area contributed by atoms with Gasteiger partial charge in [-0.3, -0.25) is 0 Å². The van der Waals surface area contributed by atoms with Crippen LogP contribution in [0.1, 0.15) is 45.6 Å². The Morgan fingerprint density at radius 1 is 1.31 bits per heavy atom. The molecule has 0 aromatic heterocycles. The van der Waals surface area contributed by atoms with Crippen molar-refractivity contribution in [3.63, 3.8) is 0 Å². The fraction of sp³-hybridized carbons (Fsp3) is 0.571. The number of hydrogen-bond acceptors (Lipinski definition) is 1. The molecule has 1 saturated carbocycles. The summed E-state index contributed by atoms with van der Waals surface area (Å²) in [6, 6.07) is 4.84. The molecule has 0 bridgehead atoms. The van der Waals surface area contributed by atoms with Gasteiger partial charge in [0.1, 0.15) is 11.6 Å². The molecule has 1 fully saturated rings. The number of halogens is 1. The minimum absolute atomic E-state index is 0.208. The fourth-order valence-electron chi connectivity index (χ4n) is 1.48. The first kappa shape index (κ1) is 13.0. The number of aryl methyl sites for hydroxylation is 1. The van der Waals surface area contributed by atoms with Gasteiger partial charge in [0.2, 0.25) is 0 Å². The molecule has 1 aliphatic rings. The molecule has 0 N–H and O–H groups in total. The summed E-state index contributed by atoms with van der Waals surface area (Å²) in [4.78, 5) is 0. The number of hydrogen-bond donors (Lipinski definition) is 0. The quantitative estimate of drug-likeness (QED) is 0.739. The molecule has 16 heavy (non-hydrogen) atoms. The minimum atomic E-state index is -0.208. The van der Waals surface area contributed by atoms with Gasteiger partial charge in [-0.15, -0.1) is 0 Å². The van der Waals surface area contributed by atoms with Crippen LogP contribution in [-0.4, -0.2) is 6.10 Å².